The summed E-state index contributed by atoms with van der Waals surface area (Å²) in [5, 5.41) is 14.7. The summed E-state index contributed by atoms with van der Waals surface area (Å²) in [4.78, 5) is 5.07. The number of hydrogen-bond donors (Lipinski definition) is 0. The second-order valence-electron chi connectivity index (χ2n) is 17.9. The van der Waals surface area contributed by atoms with Crippen molar-refractivity contribution in [1.82, 2.24) is 0 Å². The third-order valence-corrected chi connectivity index (χ3v) is 16.3. The van der Waals surface area contributed by atoms with Crippen molar-refractivity contribution in [2.75, 3.05) is 0 Å². The first-order valence-electron chi connectivity index (χ1n) is 23.6. The lowest BCUT2D eigenvalue weighted by molar-refractivity contribution is 1.52. The first kappa shape index (κ1) is 41.1. The van der Waals surface area contributed by atoms with E-state index in [0.29, 0.717) is 0 Å². The third kappa shape index (κ3) is 7.03. The summed E-state index contributed by atoms with van der Waals surface area (Å²) in [7, 11) is 0. The SMILES string of the molecule is C=c1ccc(-c2c3ccccc3c(-c3ccc4ccccc4c3)c3cc(-c4ccc(-c5c6ccccc6c(-c6ccc(-c7ccc(-c8ccccc8)s7)cc6)c6ccccc56)s4)ccc23)c/c1=C/C. The van der Waals surface area contributed by atoms with E-state index in [2.05, 4.69) is 250 Å². The first-order valence-corrected chi connectivity index (χ1v) is 25.2. The van der Waals surface area contributed by atoms with Crippen molar-refractivity contribution in [3.05, 3.63) is 241 Å². The molecule has 0 aliphatic heterocycles. The van der Waals surface area contributed by atoms with Crippen LogP contribution in [-0.4, -0.2) is 0 Å². The molecule has 13 rings (SSSR count). The van der Waals surface area contributed by atoms with E-state index in [1.54, 1.807) is 0 Å². The fourth-order valence-electron chi connectivity index (χ4n) is 10.7. The molecule has 0 saturated carbocycles. The van der Waals surface area contributed by atoms with Crippen molar-refractivity contribution >= 4 is 89.2 Å². The molecule has 0 atom stereocenters. The van der Waals surface area contributed by atoms with Crippen molar-refractivity contribution in [2.24, 2.45) is 0 Å². The minimum atomic E-state index is 1.04. The Morgan fingerprint density at radius 3 is 1.35 bits per heavy atom. The molecule has 0 bridgehead atoms. The van der Waals surface area contributed by atoms with E-state index in [-0.39, 0.29) is 0 Å². The van der Waals surface area contributed by atoms with Gasteiger partial charge in [-0.1, -0.05) is 201 Å². The fourth-order valence-corrected chi connectivity index (χ4v) is 12.8. The van der Waals surface area contributed by atoms with E-state index in [1.807, 2.05) is 22.7 Å². The Labute approximate surface area is 409 Å². The van der Waals surface area contributed by atoms with Gasteiger partial charge in [0.15, 0.2) is 0 Å². The van der Waals surface area contributed by atoms with Gasteiger partial charge in [-0.15, -0.1) is 22.7 Å². The van der Waals surface area contributed by atoms with Crippen molar-refractivity contribution in [3.8, 4) is 75.1 Å². The van der Waals surface area contributed by atoms with E-state index < -0.39 is 0 Å². The second kappa shape index (κ2) is 16.9. The summed E-state index contributed by atoms with van der Waals surface area (Å²) >= 11 is 3.73. The van der Waals surface area contributed by atoms with E-state index in [4.69, 9.17) is 0 Å². The smallest absolute Gasteiger partial charge is 0.0361 e. The number of rotatable bonds is 7. The van der Waals surface area contributed by atoms with Gasteiger partial charge in [0.05, 0.1) is 0 Å². The lowest BCUT2D eigenvalue weighted by atomic mass is 9.84. The number of hydrogen-bond acceptors (Lipinski definition) is 2. The second-order valence-corrected chi connectivity index (χ2v) is 20.1. The summed E-state index contributed by atoms with van der Waals surface area (Å²) in [5.74, 6) is 0. The highest BCUT2D eigenvalue weighted by molar-refractivity contribution is 7.19. The molecule has 0 saturated heterocycles. The number of benzene rings is 11. The molecule has 0 spiro atoms. The quantitative estimate of drug-likeness (QED) is 0.140. The highest BCUT2D eigenvalue weighted by atomic mass is 32.1. The van der Waals surface area contributed by atoms with Gasteiger partial charge >= 0.3 is 0 Å². The van der Waals surface area contributed by atoms with Crippen LogP contribution in [0.5, 0.6) is 0 Å². The lowest BCUT2D eigenvalue weighted by Crippen LogP contribution is -2.21. The Morgan fingerprint density at radius 1 is 0.290 bits per heavy atom. The van der Waals surface area contributed by atoms with Crippen LogP contribution in [0, 0.1) is 0 Å². The predicted octanol–water partition coefficient (Wildman–Crippen LogP) is 18.5. The average Bonchev–Trinajstić information content (AvgIpc) is 4.12. The molecule has 11 aromatic carbocycles. The minimum Gasteiger partial charge on any atom is -0.135 e. The summed E-state index contributed by atoms with van der Waals surface area (Å²) in [6.45, 7) is 6.44. The van der Waals surface area contributed by atoms with Gasteiger partial charge < -0.3 is 0 Å². The Balaban J connectivity index is 0.964. The Morgan fingerprint density at radius 2 is 0.710 bits per heavy atom. The molecule has 0 nitrogen and oxygen atoms in total. The Hall–Kier alpha value is -8.14. The van der Waals surface area contributed by atoms with Crippen LogP contribution in [0.4, 0.5) is 0 Å². The monoisotopic (exact) mass is 912 g/mol. The summed E-state index contributed by atoms with van der Waals surface area (Å²) in [5.41, 5.74) is 12.4. The van der Waals surface area contributed by atoms with Gasteiger partial charge in [0.2, 0.25) is 0 Å². The maximum atomic E-state index is 4.34. The molecule has 2 heteroatoms. The molecular weight excluding hydrogens is 869 g/mol. The van der Waals surface area contributed by atoms with Gasteiger partial charge in [0.1, 0.15) is 0 Å². The lowest BCUT2D eigenvalue weighted by Gasteiger charge is -2.19. The van der Waals surface area contributed by atoms with Crippen LogP contribution >= 0.6 is 22.7 Å². The average molecular weight is 913 g/mol. The maximum Gasteiger partial charge on any atom is 0.0361 e. The van der Waals surface area contributed by atoms with Crippen LogP contribution in [0.25, 0.3) is 142 Å². The van der Waals surface area contributed by atoms with Crippen LogP contribution in [0.3, 0.4) is 0 Å². The summed E-state index contributed by atoms with van der Waals surface area (Å²) < 4.78 is 0. The molecule has 0 amide bonds. The zero-order valence-electron chi connectivity index (χ0n) is 38.0. The summed E-state index contributed by atoms with van der Waals surface area (Å²) in [6, 6.07) is 85.5. The largest absolute Gasteiger partial charge is 0.135 e. The first-order chi connectivity index (χ1) is 34.1. The topological polar surface area (TPSA) is 0 Å². The minimum absolute atomic E-state index is 1.04. The Bertz CT molecular complexity index is 4210. The molecule has 2 aromatic heterocycles. The van der Waals surface area contributed by atoms with Gasteiger partial charge in [0, 0.05) is 25.1 Å². The van der Waals surface area contributed by atoms with Gasteiger partial charge in [-0.05, 0) is 164 Å². The standard InChI is InChI=1S/C67H44S2/c1-3-43-39-50(26-25-42(43)2)65-52-19-9-10-20-53(52)66(51-32-27-44-15-7-8-18-48(44)40-51)59-41-49(33-34-58(59)65)62-37-38-63(69-62)67-56-23-13-11-21-54(56)64(55-22-12-14-24-57(55)67)47-30-28-46(29-31-47)61-36-35-60(68-61)45-16-5-4-6-17-45/h3-41H,2H2,1H3/b43-3-. The number of thiophene rings is 2. The molecule has 0 fully saturated rings. The fraction of sp³-hybridized carbons (Fsp3) is 0.0149. The van der Waals surface area contributed by atoms with Crippen LogP contribution in [0.15, 0.2) is 231 Å². The van der Waals surface area contributed by atoms with Crippen LogP contribution in [-0.2, 0) is 0 Å². The molecule has 13 aromatic rings. The molecular formula is C67H44S2. The van der Waals surface area contributed by atoms with Crippen molar-refractivity contribution in [1.29, 1.82) is 0 Å². The molecule has 0 radical (unpaired) electrons. The highest BCUT2D eigenvalue weighted by Gasteiger charge is 2.21. The summed E-state index contributed by atoms with van der Waals surface area (Å²) in [6.07, 6.45) is 2.16. The molecule has 2 heterocycles. The molecule has 0 unspecified atom stereocenters. The maximum absolute atomic E-state index is 4.34. The van der Waals surface area contributed by atoms with Gasteiger partial charge in [-0.3, -0.25) is 0 Å². The van der Waals surface area contributed by atoms with Crippen molar-refractivity contribution in [2.45, 2.75) is 6.92 Å². The van der Waals surface area contributed by atoms with Gasteiger partial charge in [0.25, 0.3) is 0 Å². The van der Waals surface area contributed by atoms with E-state index >= 15 is 0 Å². The van der Waals surface area contributed by atoms with E-state index in [9.17, 15) is 0 Å². The molecule has 0 N–H and O–H groups in total. The Kier molecular flexibility index (Phi) is 10.0. The van der Waals surface area contributed by atoms with Crippen LogP contribution in [0.2, 0.25) is 0 Å². The third-order valence-electron chi connectivity index (χ3n) is 14.0. The molecule has 324 valence electrons. The zero-order chi connectivity index (χ0) is 46.0. The van der Waals surface area contributed by atoms with Gasteiger partial charge in [-0.25, -0.2) is 0 Å². The van der Waals surface area contributed by atoms with Crippen LogP contribution < -0.4 is 10.4 Å². The predicted molar refractivity (Wildman–Crippen MR) is 303 cm³/mol. The van der Waals surface area contributed by atoms with E-state index in [0.717, 1.165) is 10.4 Å². The molecule has 0 aliphatic rings. The normalized spacial score (nSPS) is 12.0. The van der Waals surface area contributed by atoms with E-state index in [1.165, 1.54) is 129 Å². The van der Waals surface area contributed by atoms with Gasteiger partial charge in [-0.2, -0.15) is 0 Å². The van der Waals surface area contributed by atoms with Crippen molar-refractivity contribution in [3.63, 3.8) is 0 Å². The zero-order valence-corrected chi connectivity index (χ0v) is 39.7. The van der Waals surface area contributed by atoms with Crippen LogP contribution in [0.1, 0.15) is 6.92 Å². The highest BCUT2D eigenvalue weighted by Crippen LogP contribution is 2.49. The number of fused-ring (bicyclic) bond motifs is 5. The molecule has 69 heavy (non-hydrogen) atoms. The van der Waals surface area contributed by atoms with Crippen molar-refractivity contribution < 1.29 is 0 Å². The molecule has 0 aliphatic carbocycles.